The summed E-state index contributed by atoms with van der Waals surface area (Å²) in [7, 11) is 0. The van der Waals surface area contributed by atoms with Gasteiger partial charge in [0.15, 0.2) is 0 Å². The predicted molar refractivity (Wildman–Crippen MR) is 124 cm³/mol. The maximum Gasteiger partial charge on any atom is 0.337 e. The van der Waals surface area contributed by atoms with Crippen LogP contribution in [0.3, 0.4) is 0 Å². The molecule has 0 unspecified atom stereocenters. The van der Waals surface area contributed by atoms with Gasteiger partial charge in [-0.15, -0.1) is 0 Å². The molecule has 0 amide bonds. The first-order valence-electron chi connectivity index (χ1n) is 10.7. The summed E-state index contributed by atoms with van der Waals surface area (Å²) in [5.74, 6) is -0.991. The van der Waals surface area contributed by atoms with E-state index in [0.29, 0.717) is 30.2 Å². The highest BCUT2D eigenvalue weighted by Gasteiger charge is 2.20. The Morgan fingerprint density at radius 2 is 1.79 bits per heavy atom. The summed E-state index contributed by atoms with van der Waals surface area (Å²) in [4.78, 5) is 16.3. The maximum atomic E-state index is 11.8. The summed E-state index contributed by atoms with van der Waals surface area (Å²) in [5.41, 5.74) is 17.6. The molecule has 1 aromatic heterocycles. The molecule has 1 saturated heterocycles. The fourth-order valence-corrected chi connectivity index (χ4v) is 4.11. The summed E-state index contributed by atoms with van der Waals surface area (Å²) in [6.45, 7) is 2.76. The summed E-state index contributed by atoms with van der Waals surface area (Å²) in [5, 5.41) is 9.69. The van der Waals surface area contributed by atoms with Crippen LogP contribution in [0.15, 0.2) is 66.7 Å². The number of aromatic carboxylic acids is 1. The highest BCUT2D eigenvalue weighted by molar-refractivity contribution is 6.01. The molecule has 3 aromatic carbocycles. The zero-order chi connectivity index (χ0) is 22.8. The number of hydrogen-bond donors (Lipinski definition) is 5. The number of carboxylic acid groups (broad SMARTS) is 1. The molecular weight excluding hydrogens is 420 g/mol. The first-order valence-corrected chi connectivity index (χ1v) is 10.7. The fraction of sp³-hybridized carbons (Fsp3) is 0.167. The molecule has 4 aromatic rings. The van der Waals surface area contributed by atoms with Crippen molar-refractivity contribution < 1.29 is 14.6 Å². The number of rotatable bonds is 7. The van der Waals surface area contributed by atoms with E-state index in [2.05, 4.69) is 51.2 Å². The van der Waals surface area contributed by atoms with Crippen molar-refractivity contribution in [3.8, 4) is 17.1 Å². The van der Waals surface area contributed by atoms with E-state index in [9.17, 15) is 9.90 Å². The van der Waals surface area contributed by atoms with Crippen molar-refractivity contribution in [2.24, 2.45) is 0 Å². The number of hydrazine groups is 3. The quantitative estimate of drug-likeness (QED) is 0.296. The molecule has 1 aliphatic rings. The molecule has 0 aliphatic carbocycles. The molecule has 5 rings (SSSR count). The molecule has 9 heteroatoms. The minimum absolute atomic E-state index is 0.0682. The Bertz CT molecular complexity index is 1300. The highest BCUT2D eigenvalue weighted by atomic mass is 16.5. The van der Waals surface area contributed by atoms with E-state index < -0.39 is 5.97 Å². The van der Waals surface area contributed by atoms with Crippen LogP contribution >= 0.6 is 0 Å². The number of benzene rings is 3. The van der Waals surface area contributed by atoms with Gasteiger partial charge in [0.1, 0.15) is 6.17 Å². The number of ether oxygens (including phenoxy) is 1. The van der Waals surface area contributed by atoms with Crippen molar-refractivity contribution in [2.75, 3.05) is 6.61 Å². The maximum absolute atomic E-state index is 11.8. The third-order valence-electron chi connectivity index (χ3n) is 5.61. The van der Waals surface area contributed by atoms with Crippen molar-refractivity contribution in [1.82, 2.24) is 31.5 Å². The van der Waals surface area contributed by atoms with Crippen molar-refractivity contribution >= 4 is 17.0 Å². The number of imidazole rings is 1. The van der Waals surface area contributed by atoms with Gasteiger partial charge in [0.05, 0.1) is 29.7 Å². The van der Waals surface area contributed by atoms with Crippen molar-refractivity contribution in [2.45, 2.75) is 19.6 Å². The first-order chi connectivity index (χ1) is 16.2. The van der Waals surface area contributed by atoms with Crippen LogP contribution in [0.2, 0.25) is 0 Å². The van der Waals surface area contributed by atoms with E-state index in [1.165, 1.54) is 0 Å². The van der Waals surface area contributed by atoms with E-state index in [0.717, 1.165) is 22.3 Å². The van der Waals surface area contributed by atoms with Crippen LogP contribution in [0.1, 0.15) is 34.6 Å². The third kappa shape index (κ3) is 4.06. The van der Waals surface area contributed by atoms with Crippen LogP contribution in [0, 0.1) is 0 Å². The molecule has 0 bridgehead atoms. The van der Waals surface area contributed by atoms with Crippen molar-refractivity contribution in [3.05, 3.63) is 83.4 Å². The van der Waals surface area contributed by atoms with Gasteiger partial charge in [0.25, 0.3) is 6.01 Å². The second-order valence-electron chi connectivity index (χ2n) is 7.65. The lowest BCUT2D eigenvalue weighted by Gasteiger charge is -2.15. The molecule has 0 atom stereocenters. The average molecular weight is 444 g/mol. The Labute approximate surface area is 190 Å². The van der Waals surface area contributed by atoms with Gasteiger partial charge >= 0.3 is 5.97 Å². The van der Waals surface area contributed by atoms with Gasteiger partial charge in [-0.05, 0) is 41.3 Å². The summed E-state index contributed by atoms with van der Waals surface area (Å²) in [6.07, 6.45) is -0.0682. The van der Waals surface area contributed by atoms with E-state index in [1.54, 1.807) is 18.2 Å². The second-order valence-corrected chi connectivity index (χ2v) is 7.65. The molecule has 33 heavy (non-hydrogen) atoms. The van der Waals surface area contributed by atoms with Crippen LogP contribution < -0.4 is 26.7 Å². The van der Waals surface area contributed by atoms with Gasteiger partial charge in [-0.25, -0.2) is 15.6 Å². The zero-order valence-electron chi connectivity index (χ0n) is 18.0. The fourth-order valence-electron chi connectivity index (χ4n) is 4.11. The first kappa shape index (κ1) is 21.1. The molecule has 9 nitrogen and oxygen atoms in total. The van der Waals surface area contributed by atoms with Crippen LogP contribution in [0.5, 0.6) is 6.01 Å². The number of carbonyl (C=O) groups is 1. The standard InChI is InChI=1S/C24H24N6O3/c1-2-33-24-25-20-9-5-8-19(23(31)32)21(20)30(24)14-15-10-12-16(13-11-15)17-6-3-4-7-18(17)22-26-28-29-27-22/h3-13,22,26-29H,2,14H2,1H3,(H,31,32). The molecule has 168 valence electrons. The zero-order valence-corrected chi connectivity index (χ0v) is 18.0. The van der Waals surface area contributed by atoms with Crippen LogP contribution in [0.25, 0.3) is 22.2 Å². The molecule has 2 heterocycles. The van der Waals surface area contributed by atoms with Gasteiger partial charge in [0.2, 0.25) is 0 Å². The Hall–Kier alpha value is -3.76. The second kappa shape index (κ2) is 9.00. The number of carboxylic acids is 1. The predicted octanol–water partition coefficient (Wildman–Crippen LogP) is 2.96. The van der Waals surface area contributed by atoms with Crippen molar-refractivity contribution in [3.63, 3.8) is 0 Å². The normalized spacial score (nSPS) is 14.1. The molecular formula is C24H24N6O3. The number of nitrogens with one attached hydrogen (secondary N) is 4. The van der Waals surface area contributed by atoms with Crippen LogP contribution in [-0.2, 0) is 6.54 Å². The molecule has 5 N–H and O–H groups in total. The molecule has 1 fully saturated rings. The Kier molecular flexibility index (Phi) is 5.76. The van der Waals surface area contributed by atoms with E-state index >= 15 is 0 Å². The highest BCUT2D eigenvalue weighted by Crippen LogP contribution is 2.29. The van der Waals surface area contributed by atoms with E-state index in [-0.39, 0.29) is 11.7 Å². The van der Waals surface area contributed by atoms with E-state index in [4.69, 9.17) is 4.74 Å². The molecule has 1 aliphatic heterocycles. The van der Waals surface area contributed by atoms with Crippen LogP contribution in [-0.4, -0.2) is 27.2 Å². The molecule has 0 spiro atoms. The number of nitrogens with zero attached hydrogens (tertiary/aromatic N) is 2. The van der Waals surface area contributed by atoms with Gasteiger partial charge in [-0.2, -0.15) is 16.1 Å². The SMILES string of the molecule is CCOc1nc2cccc(C(=O)O)c2n1Cc1ccc(-c2ccccc2C2NNNN2)cc1. The molecule has 0 radical (unpaired) electrons. The lowest BCUT2D eigenvalue weighted by molar-refractivity contribution is 0.0698. The Balaban J connectivity index is 1.50. The Morgan fingerprint density at radius 3 is 2.52 bits per heavy atom. The van der Waals surface area contributed by atoms with Gasteiger partial charge in [-0.1, -0.05) is 54.6 Å². The number of aromatic nitrogens is 2. The summed E-state index contributed by atoms with van der Waals surface area (Å²) in [6, 6.07) is 21.9. The lowest BCUT2D eigenvalue weighted by Crippen LogP contribution is -2.33. The average Bonchev–Trinajstić information content (AvgIpc) is 3.49. The number of para-hydroxylation sites is 1. The summed E-state index contributed by atoms with van der Waals surface area (Å²) >= 11 is 0. The minimum Gasteiger partial charge on any atom is -0.478 e. The van der Waals surface area contributed by atoms with Gasteiger partial charge in [-0.3, -0.25) is 4.57 Å². The largest absolute Gasteiger partial charge is 0.478 e. The smallest absolute Gasteiger partial charge is 0.337 e. The van der Waals surface area contributed by atoms with Gasteiger partial charge in [0, 0.05) is 0 Å². The molecule has 0 saturated carbocycles. The Morgan fingerprint density at radius 1 is 1.03 bits per heavy atom. The topological polar surface area (TPSA) is 112 Å². The lowest BCUT2D eigenvalue weighted by atomic mass is 9.97. The summed E-state index contributed by atoms with van der Waals surface area (Å²) < 4.78 is 7.56. The van der Waals surface area contributed by atoms with Crippen LogP contribution in [0.4, 0.5) is 0 Å². The number of fused-ring (bicyclic) bond motifs is 1. The third-order valence-corrected chi connectivity index (χ3v) is 5.61. The van der Waals surface area contributed by atoms with E-state index in [1.807, 2.05) is 35.8 Å². The monoisotopic (exact) mass is 444 g/mol. The van der Waals surface area contributed by atoms with Gasteiger partial charge < -0.3 is 9.84 Å². The minimum atomic E-state index is -0.991. The van der Waals surface area contributed by atoms with Crippen molar-refractivity contribution in [1.29, 1.82) is 0 Å². The number of hydrogen-bond acceptors (Lipinski definition) is 7.